The lowest BCUT2D eigenvalue weighted by Crippen LogP contribution is -2.16. The van der Waals surface area contributed by atoms with Crippen molar-refractivity contribution < 1.29 is 0 Å². The van der Waals surface area contributed by atoms with E-state index >= 15 is 0 Å². The van der Waals surface area contributed by atoms with Gasteiger partial charge in [0.1, 0.15) is 10.8 Å². The fourth-order valence-electron chi connectivity index (χ4n) is 1.84. The van der Waals surface area contributed by atoms with E-state index in [1.807, 2.05) is 31.2 Å². The molecule has 0 aliphatic carbocycles. The molecule has 98 valence electrons. The van der Waals surface area contributed by atoms with E-state index in [1.54, 1.807) is 6.20 Å². The van der Waals surface area contributed by atoms with Crippen LogP contribution in [0.5, 0.6) is 0 Å². The van der Waals surface area contributed by atoms with Crippen molar-refractivity contribution in [3.63, 3.8) is 0 Å². The predicted molar refractivity (Wildman–Crippen MR) is 86.3 cm³/mol. The van der Waals surface area contributed by atoms with Gasteiger partial charge in [0.25, 0.3) is 0 Å². The average molecular weight is 336 g/mol. The van der Waals surface area contributed by atoms with Crippen molar-refractivity contribution in [2.45, 2.75) is 13.5 Å². The molecule has 0 fully saturated rings. The van der Waals surface area contributed by atoms with E-state index in [2.05, 4.69) is 32.3 Å². The number of hydrogen-bond donors (Lipinski definition) is 2. The van der Waals surface area contributed by atoms with E-state index in [0.29, 0.717) is 11.5 Å². The minimum Gasteiger partial charge on any atom is -0.389 e. The van der Waals surface area contributed by atoms with E-state index in [0.717, 1.165) is 27.0 Å². The number of aryl methyl sites for hydroxylation is 1. The smallest absolute Gasteiger partial charge is 0.136 e. The van der Waals surface area contributed by atoms with E-state index in [4.69, 9.17) is 18.0 Å². The molecule has 5 heteroatoms. The molecule has 2 rings (SSSR count). The highest BCUT2D eigenvalue weighted by atomic mass is 79.9. The second-order valence-corrected chi connectivity index (χ2v) is 5.55. The first kappa shape index (κ1) is 14.0. The number of pyridine rings is 1. The first-order chi connectivity index (χ1) is 9.08. The molecule has 0 aliphatic rings. The van der Waals surface area contributed by atoms with Gasteiger partial charge < -0.3 is 11.1 Å². The summed E-state index contributed by atoms with van der Waals surface area (Å²) >= 11 is 8.53. The summed E-state index contributed by atoms with van der Waals surface area (Å²) in [5.74, 6) is 0.729. The summed E-state index contributed by atoms with van der Waals surface area (Å²) in [7, 11) is 0. The molecular weight excluding hydrogens is 322 g/mol. The maximum Gasteiger partial charge on any atom is 0.136 e. The SMILES string of the molecule is Cc1ccnc(NCc2cccc(Br)c2)c1C(N)=S. The van der Waals surface area contributed by atoms with Gasteiger partial charge in [0.15, 0.2) is 0 Å². The maximum absolute atomic E-state index is 5.75. The van der Waals surface area contributed by atoms with Gasteiger partial charge in [-0.2, -0.15) is 0 Å². The molecule has 2 aromatic rings. The number of halogens is 1. The number of anilines is 1. The molecule has 0 atom stereocenters. The molecule has 1 aromatic carbocycles. The lowest BCUT2D eigenvalue weighted by Gasteiger charge is -2.12. The number of rotatable bonds is 4. The van der Waals surface area contributed by atoms with Gasteiger partial charge in [-0.05, 0) is 36.2 Å². The van der Waals surface area contributed by atoms with Crippen molar-refractivity contribution in [3.8, 4) is 0 Å². The number of nitrogens with two attached hydrogens (primary N) is 1. The predicted octanol–water partition coefficient (Wildman–Crippen LogP) is 3.40. The van der Waals surface area contributed by atoms with Gasteiger partial charge in [-0.1, -0.05) is 40.3 Å². The van der Waals surface area contributed by atoms with Crippen LogP contribution in [-0.4, -0.2) is 9.97 Å². The standard InChI is InChI=1S/C14H14BrN3S/c1-9-5-6-17-14(12(9)13(16)19)18-8-10-3-2-4-11(15)7-10/h2-7H,8H2,1H3,(H2,16,19)(H,17,18). The zero-order valence-electron chi connectivity index (χ0n) is 10.5. The van der Waals surface area contributed by atoms with Crippen LogP contribution in [0.2, 0.25) is 0 Å². The Morgan fingerprint density at radius 3 is 2.89 bits per heavy atom. The van der Waals surface area contributed by atoms with Crippen molar-refractivity contribution in [2.24, 2.45) is 5.73 Å². The maximum atomic E-state index is 5.75. The topological polar surface area (TPSA) is 50.9 Å². The Morgan fingerprint density at radius 2 is 2.21 bits per heavy atom. The molecule has 0 unspecified atom stereocenters. The fourth-order valence-corrected chi connectivity index (χ4v) is 2.54. The lowest BCUT2D eigenvalue weighted by molar-refractivity contribution is 1.10. The third kappa shape index (κ3) is 3.52. The Kier molecular flexibility index (Phi) is 4.50. The summed E-state index contributed by atoms with van der Waals surface area (Å²) in [5.41, 5.74) is 8.75. The molecular formula is C14H14BrN3S. The summed E-state index contributed by atoms with van der Waals surface area (Å²) in [6, 6.07) is 10.0. The Labute approximate surface area is 126 Å². The molecule has 0 saturated heterocycles. The molecule has 3 N–H and O–H groups in total. The van der Waals surface area contributed by atoms with Crippen LogP contribution in [0.1, 0.15) is 16.7 Å². The molecule has 0 aliphatic heterocycles. The third-order valence-corrected chi connectivity index (χ3v) is 3.45. The molecule has 3 nitrogen and oxygen atoms in total. The third-order valence-electron chi connectivity index (χ3n) is 2.75. The minimum absolute atomic E-state index is 0.363. The zero-order chi connectivity index (χ0) is 13.8. The quantitative estimate of drug-likeness (QED) is 0.841. The van der Waals surface area contributed by atoms with Crippen LogP contribution in [0.15, 0.2) is 41.0 Å². The van der Waals surface area contributed by atoms with Crippen LogP contribution in [0.4, 0.5) is 5.82 Å². The first-order valence-corrected chi connectivity index (χ1v) is 7.02. The number of hydrogen-bond acceptors (Lipinski definition) is 3. The molecule has 0 amide bonds. The second-order valence-electron chi connectivity index (χ2n) is 4.20. The van der Waals surface area contributed by atoms with Gasteiger partial charge in [-0.15, -0.1) is 0 Å². The summed E-state index contributed by atoms with van der Waals surface area (Å²) < 4.78 is 1.05. The summed E-state index contributed by atoms with van der Waals surface area (Å²) in [5, 5.41) is 3.28. The summed E-state index contributed by atoms with van der Waals surface area (Å²) in [4.78, 5) is 4.67. The van der Waals surface area contributed by atoms with Gasteiger partial charge >= 0.3 is 0 Å². The van der Waals surface area contributed by atoms with Crippen LogP contribution in [0.3, 0.4) is 0 Å². The van der Waals surface area contributed by atoms with Gasteiger partial charge in [0.2, 0.25) is 0 Å². The van der Waals surface area contributed by atoms with Gasteiger partial charge in [-0.3, -0.25) is 0 Å². The van der Waals surface area contributed by atoms with Crippen LogP contribution >= 0.6 is 28.1 Å². The van der Waals surface area contributed by atoms with Crippen molar-refractivity contribution in [2.75, 3.05) is 5.32 Å². The van der Waals surface area contributed by atoms with E-state index in [9.17, 15) is 0 Å². The zero-order valence-corrected chi connectivity index (χ0v) is 12.9. The Hall–Kier alpha value is -1.46. The summed E-state index contributed by atoms with van der Waals surface area (Å²) in [6.45, 7) is 2.64. The van der Waals surface area contributed by atoms with Gasteiger partial charge in [0.05, 0.1) is 5.56 Å². The van der Waals surface area contributed by atoms with Gasteiger partial charge in [0, 0.05) is 17.2 Å². The van der Waals surface area contributed by atoms with Crippen molar-refractivity contribution >= 4 is 39.0 Å². The monoisotopic (exact) mass is 335 g/mol. The van der Waals surface area contributed by atoms with Crippen LogP contribution in [0.25, 0.3) is 0 Å². The fraction of sp³-hybridized carbons (Fsp3) is 0.143. The van der Waals surface area contributed by atoms with Gasteiger partial charge in [-0.25, -0.2) is 4.98 Å². The molecule has 1 aromatic heterocycles. The Bertz CT molecular complexity index is 613. The number of nitrogens with one attached hydrogen (secondary N) is 1. The largest absolute Gasteiger partial charge is 0.389 e. The molecule has 1 heterocycles. The highest BCUT2D eigenvalue weighted by Gasteiger charge is 2.09. The highest BCUT2D eigenvalue weighted by molar-refractivity contribution is 9.10. The van der Waals surface area contributed by atoms with Crippen LogP contribution in [0, 0.1) is 6.92 Å². The molecule has 0 saturated carbocycles. The number of thiocarbonyl (C=S) groups is 1. The molecule has 0 radical (unpaired) electrons. The van der Waals surface area contributed by atoms with E-state index < -0.39 is 0 Å². The highest BCUT2D eigenvalue weighted by Crippen LogP contribution is 2.18. The molecule has 0 spiro atoms. The lowest BCUT2D eigenvalue weighted by atomic mass is 10.1. The normalized spacial score (nSPS) is 10.2. The van der Waals surface area contributed by atoms with E-state index in [-0.39, 0.29) is 0 Å². The molecule has 0 bridgehead atoms. The average Bonchev–Trinajstić information content (AvgIpc) is 2.36. The van der Waals surface area contributed by atoms with Crippen LogP contribution < -0.4 is 11.1 Å². The number of aromatic nitrogens is 1. The summed E-state index contributed by atoms with van der Waals surface area (Å²) in [6.07, 6.45) is 1.75. The van der Waals surface area contributed by atoms with E-state index in [1.165, 1.54) is 0 Å². The van der Waals surface area contributed by atoms with Crippen LogP contribution in [-0.2, 0) is 6.54 Å². The minimum atomic E-state index is 0.363. The molecule has 19 heavy (non-hydrogen) atoms. The first-order valence-electron chi connectivity index (χ1n) is 5.81. The number of nitrogens with zero attached hydrogens (tertiary/aromatic N) is 1. The van der Waals surface area contributed by atoms with Crippen molar-refractivity contribution in [1.82, 2.24) is 4.98 Å². The Balaban J connectivity index is 2.20. The second kappa shape index (κ2) is 6.12. The van der Waals surface area contributed by atoms with Crippen molar-refractivity contribution in [1.29, 1.82) is 0 Å². The van der Waals surface area contributed by atoms with Crippen molar-refractivity contribution in [3.05, 3.63) is 57.7 Å². The number of benzene rings is 1. The Morgan fingerprint density at radius 1 is 1.42 bits per heavy atom.